The van der Waals surface area contributed by atoms with Gasteiger partial charge in [-0.25, -0.2) is 4.79 Å². The van der Waals surface area contributed by atoms with Crippen molar-refractivity contribution >= 4 is 12.1 Å². The number of hydrogen-bond acceptors (Lipinski definition) is 4. The maximum absolute atomic E-state index is 12.1. The number of amides is 1. The predicted octanol–water partition coefficient (Wildman–Crippen LogP) is 2.37. The van der Waals surface area contributed by atoms with Crippen molar-refractivity contribution in [3.63, 3.8) is 0 Å². The summed E-state index contributed by atoms with van der Waals surface area (Å²) in [6, 6.07) is -0.369. The van der Waals surface area contributed by atoms with Crippen LogP contribution < -0.4 is 0 Å². The van der Waals surface area contributed by atoms with E-state index < -0.39 is 23.8 Å². The summed E-state index contributed by atoms with van der Waals surface area (Å²) >= 11 is 0. The van der Waals surface area contributed by atoms with Crippen LogP contribution in [0.15, 0.2) is 0 Å². The van der Waals surface area contributed by atoms with Crippen molar-refractivity contribution in [2.45, 2.75) is 58.8 Å². The second kappa shape index (κ2) is 7.47. The topological polar surface area (TPSA) is 76.1 Å². The summed E-state index contributed by atoms with van der Waals surface area (Å²) < 4.78 is 10.6. The van der Waals surface area contributed by atoms with Crippen LogP contribution >= 0.6 is 0 Å². The minimum Gasteiger partial charge on any atom is -0.481 e. The van der Waals surface area contributed by atoms with Gasteiger partial charge in [-0.2, -0.15) is 0 Å². The van der Waals surface area contributed by atoms with Gasteiger partial charge in [0.05, 0.1) is 18.6 Å². The molecule has 0 unspecified atom stereocenters. The minimum atomic E-state index is -0.958. The first kappa shape index (κ1) is 18.7. The summed E-state index contributed by atoms with van der Waals surface area (Å²) in [6.07, 6.45) is -1.22. The Labute approximate surface area is 121 Å². The van der Waals surface area contributed by atoms with Gasteiger partial charge in [-0.05, 0) is 26.7 Å². The quantitative estimate of drug-likeness (QED) is 0.812. The Morgan fingerprint density at radius 3 is 2.05 bits per heavy atom. The molecule has 1 amide bonds. The lowest BCUT2D eigenvalue weighted by molar-refractivity contribution is -0.141. The van der Waals surface area contributed by atoms with Crippen LogP contribution in [0.1, 0.15) is 41.0 Å². The molecule has 0 spiro atoms. The van der Waals surface area contributed by atoms with E-state index in [-0.39, 0.29) is 18.4 Å². The Bertz CT molecular complexity index is 335. The SMILES string of the molecule is CO[C@H](CC(=O)O)[C@H](C(C)C)N(C)C(=O)OC(C)(C)C. The molecule has 0 aromatic heterocycles. The van der Waals surface area contributed by atoms with E-state index >= 15 is 0 Å². The molecule has 0 heterocycles. The van der Waals surface area contributed by atoms with Crippen LogP contribution in [0.2, 0.25) is 0 Å². The van der Waals surface area contributed by atoms with Crippen LogP contribution in [0.25, 0.3) is 0 Å². The van der Waals surface area contributed by atoms with Crippen molar-refractivity contribution in [2.75, 3.05) is 14.2 Å². The molecule has 0 aliphatic heterocycles. The Hall–Kier alpha value is -1.30. The number of aliphatic carboxylic acids is 1. The van der Waals surface area contributed by atoms with Crippen LogP contribution in [0.4, 0.5) is 4.79 Å². The monoisotopic (exact) mass is 289 g/mol. The molecule has 0 bridgehead atoms. The van der Waals surface area contributed by atoms with Gasteiger partial charge in [0.25, 0.3) is 0 Å². The fourth-order valence-electron chi connectivity index (χ4n) is 2.10. The second-order valence-electron chi connectivity index (χ2n) is 6.20. The summed E-state index contributed by atoms with van der Waals surface area (Å²) in [5, 5.41) is 8.94. The van der Waals surface area contributed by atoms with Crippen LogP contribution in [0.3, 0.4) is 0 Å². The van der Waals surface area contributed by atoms with Crippen LogP contribution in [-0.2, 0) is 14.3 Å². The van der Waals surface area contributed by atoms with Gasteiger partial charge in [0.15, 0.2) is 0 Å². The largest absolute Gasteiger partial charge is 0.481 e. The number of nitrogens with zero attached hydrogens (tertiary/aromatic N) is 1. The van der Waals surface area contributed by atoms with E-state index in [0.717, 1.165) is 0 Å². The van der Waals surface area contributed by atoms with Gasteiger partial charge in [0.2, 0.25) is 0 Å². The maximum atomic E-state index is 12.1. The zero-order chi connectivity index (χ0) is 16.1. The molecule has 6 nitrogen and oxygen atoms in total. The average Bonchev–Trinajstić information content (AvgIpc) is 2.24. The summed E-state index contributed by atoms with van der Waals surface area (Å²) in [6.45, 7) is 9.19. The lowest BCUT2D eigenvalue weighted by Gasteiger charge is -2.36. The molecular formula is C14H27NO5. The zero-order valence-corrected chi connectivity index (χ0v) is 13.5. The fourth-order valence-corrected chi connectivity index (χ4v) is 2.10. The van der Waals surface area contributed by atoms with Crippen molar-refractivity contribution in [3.05, 3.63) is 0 Å². The second-order valence-corrected chi connectivity index (χ2v) is 6.20. The summed E-state index contributed by atoms with van der Waals surface area (Å²) in [7, 11) is 3.05. The molecule has 0 aromatic rings. The number of hydrogen-bond donors (Lipinski definition) is 1. The van der Waals surface area contributed by atoms with Gasteiger partial charge in [0, 0.05) is 14.2 Å². The number of carboxylic acids is 1. The number of carbonyl (C=O) groups excluding carboxylic acids is 1. The fraction of sp³-hybridized carbons (Fsp3) is 0.857. The summed E-state index contributed by atoms with van der Waals surface area (Å²) in [5.74, 6) is -0.920. The number of likely N-dealkylation sites (N-methyl/N-ethyl adjacent to an activating group) is 1. The van der Waals surface area contributed by atoms with E-state index in [9.17, 15) is 9.59 Å². The molecule has 6 heteroatoms. The van der Waals surface area contributed by atoms with Crippen LogP contribution in [-0.4, -0.2) is 54.0 Å². The van der Waals surface area contributed by atoms with Crippen molar-refractivity contribution in [3.8, 4) is 0 Å². The van der Waals surface area contributed by atoms with Crippen molar-refractivity contribution < 1.29 is 24.2 Å². The van der Waals surface area contributed by atoms with Crippen LogP contribution in [0.5, 0.6) is 0 Å². The van der Waals surface area contributed by atoms with E-state index in [1.54, 1.807) is 27.8 Å². The molecule has 0 fully saturated rings. The highest BCUT2D eigenvalue weighted by Gasteiger charge is 2.34. The standard InChI is InChI=1S/C14H27NO5/c1-9(2)12(10(19-7)8-11(16)17)15(6)13(18)20-14(3,4)5/h9-10,12H,8H2,1-7H3,(H,16,17)/t10-,12+/m1/s1. The Morgan fingerprint density at radius 2 is 1.75 bits per heavy atom. The molecule has 0 saturated carbocycles. The summed E-state index contributed by atoms with van der Waals surface area (Å²) in [5.41, 5.74) is -0.595. The van der Waals surface area contributed by atoms with Gasteiger partial charge in [0.1, 0.15) is 5.60 Å². The van der Waals surface area contributed by atoms with Crippen molar-refractivity contribution in [1.82, 2.24) is 4.90 Å². The Balaban J connectivity index is 5.06. The minimum absolute atomic E-state index is 0.0387. The van der Waals surface area contributed by atoms with E-state index in [0.29, 0.717) is 0 Å². The third-order valence-corrected chi connectivity index (χ3v) is 2.87. The molecule has 0 aliphatic rings. The van der Waals surface area contributed by atoms with E-state index in [1.807, 2.05) is 13.8 Å². The smallest absolute Gasteiger partial charge is 0.410 e. The molecule has 20 heavy (non-hydrogen) atoms. The molecule has 0 rings (SSSR count). The van der Waals surface area contributed by atoms with E-state index in [4.69, 9.17) is 14.6 Å². The normalized spacial score (nSPS) is 14.8. The highest BCUT2D eigenvalue weighted by molar-refractivity contribution is 5.69. The van der Waals surface area contributed by atoms with Crippen molar-refractivity contribution in [1.29, 1.82) is 0 Å². The molecule has 118 valence electrons. The maximum Gasteiger partial charge on any atom is 0.410 e. The third kappa shape index (κ3) is 6.23. The number of methoxy groups -OCH3 is 1. The Morgan fingerprint density at radius 1 is 1.25 bits per heavy atom. The van der Waals surface area contributed by atoms with Crippen LogP contribution in [0, 0.1) is 5.92 Å². The van der Waals surface area contributed by atoms with E-state index in [1.165, 1.54) is 12.0 Å². The highest BCUT2D eigenvalue weighted by atomic mass is 16.6. The molecular weight excluding hydrogens is 262 g/mol. The molecule has 0 radical (unpaired) electrons. The average molecular weight is 289 g/mol. The van der Waals surface area contributed by atoms with Gasteiger partial charge in [-0.1, -0.05) is 13.8 Å². The van der Waals surface area contributed by atoms with Gasteiger partial charge < -0.3 is 19.5 Å². The number of carboxylic acid groups (broad SMARTS) is 1. The molecule has 2 atom stereocenters. The zero-order valence-electron chi connectivity index (χ0n) is 13.5. The van der Waals surface area contributed by atoms with Gasteiger partial charge in [-0.3, -0.25) is 4.79 Å². The van der Waals surface area contributed by atoms with Gasteiger partial charge >= 0.3 is 12.1 Å². The number of rotatable bonds is 6. The molecule has 0 aromatic carbocycles. The lowest BCUT2D eigenvalue weighted by atomic mass is 9.95. The summed E-state index contributed by atoms with van der Waals surface area (Å²) in [4.78, 5) is 24.4. The predicted molar refractivity (Wildman–Crippen MR) is 75.7 cm³/mol. The first-order valence-corrected chi connectivity index (χ1v) is 6.70. The Kier molecular flexibility index (Phi) is 6.99. The van der Waals surface area contributed by atoms with Crippen molar-refractivity contribution in [2.24, 2.45) is 5.92 Å². The number of ether oxygens (including phenoxy) is 2. The van der Waals surface area contributed by atoms with E-state index in [2.05, 4.69) is 0 Å². The lowest BCUT2D eigenvalue weighted by Crippen LogP contribution is -2.50. The molecule has 0 saturated heterocycles. The molecule has 1 N–H and O–H groups in total. The first-order chi connectivity index (χ1) is 8.99. The third-order valence-electron chi connectivity index (χ3n) is 2.87. The number of carbonyl (C=O) groups is 2. The molecule has 0 aliphatic carbocycles. The highest BCUT2D eigenvalue weighted by Crippen LogP contribution is 2.21. The first-order valence-electron chi connectivity index (χ1n) is 6.70. The van der Waals surface area contributed by atoms with Gasteiger partial charge in [-0.15, -0.1) is 0 Å².